The van der Waals surface area contributed by atoms with Gasteiger partial charge in [-0.3, -0.25) is 9.78 Å². The summed E-state index contributed by atoms with van der Waals surface area (Å²) >= 11 is 0. The minimum absolute atomic E-state index is 0.121. The Balaban J connectivity index is 1.61. The average molecular weight is 297 g/mol. The van der Waals surface area contributed by atoms with Gasteiger partial charge in [-0.05, 0) is 56.0 Å². The van der Waals surface area contributed by atoms with Gasteiger partial charge >= 0.3 is 0 Å². The summed E-state index contributed by atoms with van der Waals surface area (Å²) in [5.41, 5.74) is 8.02. The summed E-state index contributed by atoms with van der Waals surface area (Å²) in [5, 5.41) is 4.41. The summed E-state index contributed by atoms with van der Waals surface area (Å²) < 4.78 is 0. The van der Waals surface area contributed by atoms with E-state index in [4.69, 9.17) is 5.73 Å². The lowest BCUT2D eigenvalue weighted by Crippen LogP contribution is -2.37. The summed E-state index contributed by atoms with van der Waals surface area (Å²) in [4.78, 5) is 16.8. The number of aromatic nitrogens is 1. The second-order valence-electron chi connectivity index (χ2n) is 6.21. The monoisotopic (exact) mass is 297 g/mol. The first-order valence-corrected chi connectivity index (χ1v) is 8.05. The van der Waals surface area contributed by atoms with Crippen molar-refractivity contribution in [3.63, 3.8) is 0 Å². The van der Waals surface area contributed by atoms with Crippen LogP contribution in [0.5, 0.6) is 0 Å². The Kier molecular flexibility index (Phi) is 4.80. The van der Waals surface area contributed by atoms with E-state index in [-0.39, 0.29) is 11.8 Å². The Hall–Kier alpha value is -1.78. The third-order valence-corrected chi connectivity index (χ3v) is 4.49. The zero-order valence-electron chi connectivity index (χ0n) is 12.8. The zero-order chi connectivity index (χ0) is 15.4. The number of rotatable bonds is 5. The fourth-order valence-corrected chi connectivity index (χ4v) is 3.15. The number of hydrogen-bond donors (Lipinski definition) is 2. The van der Waals surface area contributed by atoms with Crippen LogP contribution in [0.1, 0.15) is 24.8 Å². The fourth-order valence-electron chi connectivity index (χ4n) is 3.15. The Labute approximate surface area is 131 Å². The van der Waals surface area contributed by atoms with Crippen LogP contribution in [0, 0.1) is 5.92 Å². The van der Waals surface area contributed by atoms with E-state index >= 15 is 0 Å². The topological polar surface area (TPSA) is 68.0 Å². The van der Waals surface area contributed by atoms with Crippen molar-refractivity contribution in [2.45, 2.75) is 31.7 Å². The van der Waals surface area contributed by atoms with Gasteiger partial charge in [0, 0.05) is 18.0 Å². The summed E-state index contributed by atoms with van der Waals surface area (Å²) in [5.74, 6) is 0.700. The summed E-state index contributed by atoms with van der Waals surface area (Å²) in [6.07, 6.45) is 5.22. The number of para-hydroxylation sites is 1. The van der Waals surface area contributed by atoms with Crippen molar-refractivity contribution in [3.8, 4) is 0 Å². The maximum atomic E-state index is 12.4. The van der Waals surface area contributed by atoms with Crippen LogP contribution < -0.4 is 11.1 Å². The number of pyridine rings is 1. The molecule has 0 amide bonds. The maximum Gasteiger partial charge on any atom is 0.153 e. The molecule has 0 saturated carbocycles. The molecule has 1 aliphatic heterocycles. The van der Waals surface area contributed by atoms with Crippen molar-refractivity contribution in [2.75, 3.05) is 13.1 Å². The van der Waals surface area contributed by atoms with Crippen LogP contribution in [0.4, 0.5) is 0 Å². The Morgan fingerprint density at radius 3 is 2.91 bits per heavy atom. The second-order valence-corrected chi connectivity index (χ2v) is 6.21. The normalized spacial score (nSPS) is 17.5. The molecule has 1 saturated heterocycles. The molecule has 1 aromatic heterocycles. The van der Waals surface area contributed by atoms with Crippen molar-refractivity contribution in [1.29, 1.82) is 0 Å². The lowest BCUT2D eigenvalue weighted by Gasteiger charge is -2.24. The summed E-state index contributed by atoms with van der Waals surface area (Å²) in [6, 6.07) is 9.63. The number of fused-ring (bicyclic) bond motifs is 1. The lowest BCUT2D eigenvalue weighted by molar-refractivity contribution is -0.120. The molecular formula is C18H23N3O. The lowest BCUT2D eigenvalue weighted by atomic mass is 9.89. The molecule has 1 aromatic carbocycles. The minimum atomic E-state index is -0.352. The molecule has 0 unspecified atom stereocenters. The SMILES string of the molecule is N[C@@H](CC1CCNCC1)C(=O)Cc1cnc2ccccc2c1. The van der Waals surface area contributed by atoms with Crippen molar-refractivity contribution in [3.05, 3.63) is 42.1 Å². The number of nitrogens with zero attached hydrogens (tertiary/aromatic N) is 1. The van der Waals surface area contributed by atoms with Crippen LogP contribution in [0.15, 0.2) is 36.5 Å². The molecule has 0 aliphatic carbocycles. The second kappa shape index (κ2) is 6.99. The molecule has 3 rings (SSSR count). The third-order valence-electron chi connectivity index (χ3n) is 4.49. The highest BCUT2D eigenvalue weighted by atomic mass is 16.1. The highest BCUT2D eigenvalue weighted by molar-refractivity contribution is 5.87. The molecule has 116 valence electrons. The number of nitrogens with one attached hydrogen (secondary N) is 1. The van der Waals surface area contributed by atoms with Gasteiger partial charge < -0.3 is 11.1 Å². The smallest absolute Gasteiger partial charge is 0.153 e. The molecule has 2 aromatic rings. The van der Waals surface area contributed by atoms with Crippen molar-refractivity contribution < 1.29 is 4.79 Å². The number of nitrogens with two attached hydrogens (primary N) is 1. The van der Waals surface area contributed by atoms with E-state index in [1.54, 1.807) is 6.20 Å². The van der Waals surface area contributed by atoms with Crippen LogP contribution in [0.25, 0.3) is 10.9 Å². The van der Waals surface area contributed by atoms with Gasteiger partial charge in [0.05, 0.1) is 11.6 Å². The van der Waals surface area contributed by atoms with Crippen LogP contribution in [-0.4, -0.2) is 29.9 Å². The Morgan fingerprint density at radius 2 is 2.09 bits per heavy atom. The standard InChI is InChI=1S/C18H23N3O/c19-16(10-13-5-7-20-8-6-13)18(22)11-14-9-15-3-1-2-4-17(15)21-12-14/h1-4,9,12-13,16,20H,5-8,10-11,19H2/t16-/m0/s1. The molecule has 1 atom stereocenters. The molecule has 4 nitrogen and oxygen atoms in total. The number of hydrogen-bond acceptors (Lipinski definition) is 4. The molecule has 1 aliphatic rings. The fraction of sp³-hybridized carbons (Fsp3) is 0.444. The first-order chi connectivity index (χ1) is 10.7. The van der Waals surface area contributed by atoms with E-state index in [0.717, 1.165) is 48.8 Å². The number of carbonyl (C=O) groups excluding carboxylic acids is 1. The van der Waals surface area contributed by atoms with E-state index in [2.05, 4.69) is 10.3 Å². The molecule has 2 heterocycles. The zero-order valence-corrected chi connectivity index (χ0v) is 12.8. The first kappa shape index (κ1) is 15.1. The molecule has 4 heteroatoms. The van der Waals surface area contributed by atoms with Gasteiger partial charge in [0.1, 0.15) is 0 Å². The van der Waals surface area contributed by atoms with Crippen LogP contribution in [0.3, 0.4) is 0 Å². The van der Waals surface area contributed by atoms with Gasteiger partial charge in [-0.15, -0.1) is 0 Å². The first-order valence-electron chi connectivity index (χ1n) is 8.05. The van der Waals surface area contributed by atoms with E-state index in [1.165, 1.54) is 0 Å². The van der Waals surface area contributed by atoms with Crippen molar-refractivity contribution in [2.24, 2.45) is 11.7 Å². The van der Waals surface area contributed by atoms with E-state index in [9.17, 15) is 4.79 Å². The van der Waals surface area contributed by atoms with E-state index < -0.39 is 0 Å². The highest BCUT2D eigenvalue weighted by Crippen LogP contribution is 2.19. The number of carbonyl (C=O) groups is 1. The molecule has 1 fully saturated rings. The van der Waals surface area contributed by atoms with Crippen LogP contribution in [-0.2, 0) is 11.2 Å². The largest absolute Gasteiger partial charge is 0.321 e. The molecule has 0 spiro atoms. The Bertz CT molecular complexity index is 650. The van der Waals surface area contributed by atoms with Gasteiger partial charge in [0.25, 0.3) is 0 Å². The van der Waals surface area contributed by atoms with Crippen LogP contribution in [0.2, 0.25) is 0 Å². The number of Topliss-reactive ketones (excluding diaryl/α,β-unsaturated/α-hetero) is 1. The molecular weight excluding hydrogens is 274 g/mol. The minimum Gasteiger partial charge on any atom is -0.321 e. The van der Waals surface area contributed by atoms with Gasteiger partial charge in [-0.25, -0.2) is 0 Å². The molecule has 22 heavy (non-hydrogen) atoms. The highest BCUT2D eigenvalue weighted by Gasteiger charge is 2.21. The summed E-state index contributed by atoms with van der Waals surface area (Å²) in [6.45, 7) is 2.08. The maximum absolute atomic E-state index is 12.4. The predicted molar refractivity (Wildman–Crippen MR) is 88.6 cm³/mol. The molecule has 3 N–H and O–H groups in total. The quantitative estimate of drug-likeness (QED) is 0.886. The van der Waals surface area contributed by atoms with Gasteiger partial charge in [-0.1, -0.05) is 18.2 Å². The number of ketones is 1. The summed E-state index contributed by atoms with van der Waals surface area (Å²) in [7, 11) is 0. The number of benzene rings is 1. The van der Waals surface area contributed by atoms with Crippen LogP contribution >= 0.6 is 0 Å². The predicted octanol–water partition coefficient (Wildman–Crippen LogP) is 2.06. The van der Waals surface area contributed by atoms with E-state index in [1.807, 2.05) is 30.3 Å². The average Bonchev–Trinajstić information content (AvgIpc) is 2.55. The number of piperidine rings is 1. The van der Waals surface area contributed by atoms with Gasteiger partial charge in [0.2, 0.25) is 0 Å². The molecule has 0 radical (unpaired) electrons. The van der Waals surface area contributed by atoms with Gasteiger partial charge in [-0.2, -0.15) is 0 Å². The third kappa shape index (κ3) is 3.70. The van der Waals surface area contributed by atoms with Crippen molar-refractivity contribution >= 4 is 16.7 Å². The van der Waals surface area contributed by atoms with Crippen molar-refractivity contribution in [1.82, 2.24) is 10.3 Å². The van der Waals surface area contributed by atoms with Gasteiger partial charge in [0.15, 0.2) is 5.78 Å². The Morgan fingerprint density at radius 1 is 1.32 bits per heavy atom. The van der Waals surface area contributed by atoms with E-state index in [0.29, 0.717) is 12.3 Å². The molecule has 0 bridgehead atoms.